The molecular weight excluding hydrogens is 332 g/mol. The van der Waals surface area contributed by atoms with Crippen molar-refractivity contribution in [1.82, 2.24) is 10.2 Å². The summed E-state index contributed by atoms with van der Waals surface area (Å²) in [6.07, 6.45) is 0.863. The summed E-state index contributed by atoms with van der Waals surface area (Å²) < 4.78 is 5.59. The van der Waals surface area contributed by atoms with E-state index < -0.39 is 12.1 Å². The van der Waals surface area contributed by atoms with Gasteiger partial charge in [-0.2, -0.15) is 0 Å². The summed E-state index contributed by atoms with van der Waals surface area (Å²) in [6, 6.07) is 7.28. The fraction of sp³-hybridized carbons (Fsp3) is 0.529. The van der Waals surface area contributed by atoms with Crippen molar-refractivity contribution in [3.8, 4) is 5.75 Å². The molecule has 1 aromatic carbocycles. The van der Waals surface area contributed by atoms with Crippen LogP contribution in [-0.4, -0.2) is 53.2 Å². The van der Waals surface area contributed by atoms with Gasteiger partial charge >= 0.3 is 5.97 Å². The highest BCUT2D eigenvalue weighted by molar-refractivity contribution is 6.32. The lowest BCUT2D eigenvalue weighted by molar-refractivity contribution is -0.140. The van der Waals surface area contributed by atoms with E-state index in [1.165, 1.54) is 0 Å². The van der Waals surface area contributed by atoms with Gasteiger partial charge in [0, 0.05) is 12.1 Å². The third kappa shape index (κ3) is 4.85. The van der Waals surface area contributed by atoms with Gasteiger partial charge in [-0.3, -0.25) is 14.5 Å². The number of para-hydroxylation sites is 1. The fourth-order valence-corrected chi connectivity index (χ4v) is 2.96. The van der Waals surface area contributed by atoms with E-state index in [1.54, 1.807) is 31.2 Å². The van der Waals surface area contributed by atoms with Gasteiger partial charge in [-0.15, -0.1) is 0 Å². The number of nitrogens with one attached hydrogen (secondary N) is 1. The smallest absolute Gasteiger partial charge is 0.317 e. The van der Waals surface area contributed by atoms with E-state index in [0.29, 0.717) is 17.3 Å². The van der Waals surface area contributed by atoms with E-state index in [1.807, 2.05) is 11.8 Å². The average molecular weight is 355 g/mol. The Kier molecular flexibility index (Phi) is 6.45. The van der Waals surface area contributed by atoms with Crippen LogP contribution in [0, 0.1) is 0 Å². The molecule has 1 aromatic rings. The van der Waals surface area contributed by atoms with Crippen LogP contribution in [0.15, 0.2) is 24.3 Å². The number of carboxylic acid groups (broad SMARTS) is 1. The summed E-state index contributed by atoms with van der Waals surface area (Å²) in [5.74, 6) is -0.544. The number of rotatable bonds is 8. The summed E-state index contributed by atoms with van der Waals surface area (Å²) in [5.41, 5.74) is 0. The average Bonchev–Trinajstić information content (AvgIpc) is 2.50. The minimum Gasteiger partial charge on any atom is -0.480 e. The molecule has 0 spiro atoms. The van der Waals surface area contributed by atoms with Crippen LogP contribution < -0.4 is 10.1 Å². The van der Waals surface area contributed by atoms with Gasteiger partial charge in [0.2, 0.25) is 0 Å². The number of carbonyl (C=O) groups is 2. The normalized spacial score (nSPS) is 21.0. The standard InChI is InChI=1S/C17H23ClN2O4/c1-3-20(10-16(21)22)13-8-12(9-13)19-17(23)11(2)24-15-7-5-4-6-14(15)18/h4-7,11-13H,3,8-10H2,1-2H3,(H,19,23)(H,21,22). The zero-order chi connectivity index (χ0) is 17.7. The van der Waals surface area contributed by atoms with E-state index in [0.717, 1.165) is 12.8 Å². The van der Waals surface area contributed by atoms with Crippen molar-refractivity contribution in [3.63, 3.8) is 0 Å². The van der Waals surface area contributed by atoms with Gasteiger partial charge in [0.1, 0.15) is 5.75 Å². The van der Waals surface area contributed by atoms with Crippen LogP contribution >= 0.6 is 11.6 Å². The van der Waals surface area contributed by atoms with Crippen molar-refractivity contribution in [1.29, 1.82) is 0 Å². The summed E-state index contributed by atoms with van der Waals surface area (Å²) in [7, 11) is 0. The minimum absolute atomic E-state index is 0.0356. The van der Waals surface area contributed by atoms with Crippen molar-refractivity contribution in [3.05, 3.63) is 29.3 Å². The molecule has 1 aliphatic carbocycles. The topological polar surface area (TPSA) is 78.9 Å². The molecule has 0 radical (unpaired) electrons. The maximum absolute atomic E-state index is 12.2. The lowest BCUT2D eigenvalue weighted by atomic mass is 9.85. The number of carboxylic acids is 1. The molecule has 0 saturated heterocycles. The number of hydrogen-bond donors (Lipinski definition) is 2. The molecular formula is C17H23ClN2O4. The van der Waals surface area contributed by atoms with Gasteiger partial charge in [-0.1, -0.05) is 30.7 Å². The van der Waals surface area contributed by atoms with Gasteiger partial charge in [-0.25, -0.2) is 0 Å². The molecule has 1 saturated carbocycles. The maximum atomic E-state index is 12.2. The van der Waals surface area contributed by atoms with Crippen molar-refractivity contribution in [2.24, 2.45) is 0 Å². The van der Waals surface area contributed by atoms with E-state index >= 15 is 0 Å². The van der Waals surface area contributed by atoms with Gasteiger partial charge in [0.15, 0.2) is 6.10 Å². The van der Waals surface area contributed by atoms with Crippen molar-refractivity contribution < 1.29 is 19.4 Å². The zero-order valence-electron chi connectivity index (χ0n) is 13.9. The lowest BCUT2D eigenvalue weighted by Crippen LogP contribution is -2.56. The molecule has 6 nitrogen and oxygen atoms in total. The number of ether oxygens (including phenoxy) is 1. The van der Waals surface area contributed by atoms with E-state index in [2.05, 4.69) is 5.32 Å². The largest absolute Gasteiger partial charge is 0.480 e. The Bertz CT molecular complexity index is 590. The van der Waals surface area contributed by atoms with Crippen molar-refractivity contribution in [2.45, 2.75) is 44.9 Å². The monoisotopic (exact) mass is 354 g/mol. The number of nitrogens with zero attached hydrogens (tertiary/aromatic N) is 1. The van der Waals surface area contributed by atoms with Gasteiger partial charge in [-0.05, 0) is 38.4 Å². The highest BCUT2D eigenvalue weighted by atomic mass is 35.5. The molecule has 1 fully saturated rings. The number of likely N-dealkylation sites (N-methyl/N-ethyl adjacent to an activating group) is 1. The minimum atomic E-state index is -0.828. The fourth-order valence-electron chi connectivity index (χ4n) is 2.78. The maximum Gasteiger partial charge on any atom is 0.317 e. The molecule has 0 aliphatic heterocycles. The first-order valence-corrected chi connectivity index (χ1v) is 8.45. The first kappa shape index (κ1) is 18.5. The summed E-state index contributed by atoms with van der Waals surface area (Å²) in [4.78, 5) is 24.9. The van der Waals surface area contributed by atoms with E-state index in [9.17, 15) is 9.59 Å². The quantitative estimate of drug-likeness (QED) is 0.748. The number of halogens is 1. The number of aliphatic carboxylic acids is 1. The Morgan fingerprint density at radius 1 is 1.42 bits per heavy atom. The first-order chi connectivity index (χ1) is 11.4. The second-order valence-electron chi connectivity index (χ2n) is 5.98. The Morgan fingerprint density at radius 3 is 2.67 bits per heavy atom. The molecule has 24 heavy (non-hydrogen) atoms. The predicted octanol–water partition coefficient (Wildman–Crippen LogP) is 2.16. The molecule has 132 valence electrons. The molecule has 2 N–H and O–H groups in total. The molecule has 1 aliphatic rings. The number of benzene rings is 1. The van der Waals surface area contributed by atoms with Crippen LogP contribution in [0.1, 0.15) is 26.7 Å². The second-order valence-corrected chi connectivity index (χ2v) is 6.39. The summed E-state index contributed by atoms with van der Waals surface area (Å²) >= 11 is 6.02. The SMILES string of the molecule is CCN(CC(=O)O)C1CC(NC(=O)C(C)Oc2ccccc2Cl)C1. The highest BCUT2D eigenvalue weighted by Gasteiger charge is 2.35. The predicted molar refractivity (Wildman–Crippen MR) is 91.4 cm³/mol. The molecule has 2 rings (SSSR count). The Morgan fingerprint density at radius 2 is 2.08 bits per heavy atom. The van der Waals surface area contributed by atoms with Crippen LogP contribution in [0.25, 0.3) is 0 Å². The van der Waals surface area contributed by atoms with Crippen LogP contribution in [0.4, 0.5) is 0 Å². The van der Waals surface area contributed by atoms with Crippen molar-refractivity contribution >= 4 is 23.5 Å². The van der Waals surface area contributed by atoms with Crippen LogP contribution in [0.3, 0.4) is 0 Å². The van der Waals surface area contributed by atoms with E-state index in [-0.39, 0.29) is 24.5 Å². The van der Waals surface area contributed by atoms with Crippen LogP contribution in [0.2, 0.25) is 5.02 Å². The van der Waals surface area contributed by atoms with Gasteiger partial charge < -0.3 is 15.2 Å². The zero-order valence-corrected chi connectivity index (χ0v) is 14.6. The molecule has 7 heteroatoms. The third-order valence-corrected chi connectivity index (χ3v) is 4.54. The van der Waals surface area contributed by atoms with Crippen LogP contribution in [-0.2, 0) is 9.59 Å². The molecule has 1 atom stereocenters. The number of hydrogen-bond acceptors (Lipinski definition) is 4. The Hall–Kier alpha value is -1.79. The Balaban J connectivity index is 1.78. The number of carbonyl (C=O) groups excluding carboxylic acids is 1. The summed E-state index contributed by atoms with van der Waals surface area (Å²) in [5, 5.41) is 12.3. The third-order valence-electron chi connectivity index (χ3n) is 4.23. The summed E-state index contributed by atoms with van der Waals surface area (Å²) in [6.45, 7) is 4.34. The molecule has 0 bridgehead atoms. The second kappa shape index (κ2) is 8.35. The lowest BCUT2D eigenvalue weighted by Gasteiger charge is -2.42. The molecule has 0 heterocycles. The molecule has 0 aromatic heterocycles. The van der Waals surface area contributed by atoms with Gasteiger partial charge in [0.05, 0.1) is 11.6 Å². The van der Waals surface area contributed by atoms with Crippen LogP contribution in [0.5, 0.6) is 5.75 Å². The Labute approximate surface area is 146 Å². The number of amides is 1. The highest BCUT2D eigenvalue weighted by Crippen LogP contribution is 2.27. The van der Waals surface area contributed by atoms with Crippen molar-refractivity contribution in [2.75, 3.05) is 13.1 Å². The molecule has 1 unspecified atom stereocenters. The van der Waals surface area contributed by atoms with Gasteiger partial charge in [0.25, 0.3) is 5.91 Å². The first-order valence-electron chi connectivity index (χ1n) is 8.08. The molecule has 1 amide bonds. The van der Waals surface area contributed by atoms with E-state index in [4.69, 9.17) is 21.4 Å².